The third kappa shape index (κ3) is 4.62. The fourth-order valence-electron chi connectivity index (χ4n) is 3.47. The highest BCUT2D eigenvalue weighted by molar-refractivity contribution is 6.00. The molecule has 0 aliphatic rings. The van der Waals surface area contributed by atoms with Crippen LogP contribution in [0.25, 0.3) is 16.6 Å². The van der Waals surface area contributed by atoms with Crippen molar-refractivity contribution in [2.24, 2.45) is 0 Å². The molecular weight excluding hydrogens is 456 g/mol. The number of nitrogen functional groups attached to an aromatic ring is 1. The molecule has 0 aliphatic carbocycles. The lowest BCUT2D eigenvalue weighted by molar-refractivity contribution is -0.137. The SMILES string of the molecule is COCc1cn2ncnc(N)c2c1-c1ccc(NC(=O)Nc2cc(C(F)(F)F)ccc2F)cc1. The lowest BCUT2D eigenvalue weighted by Gasteiger charge is -2.12. The van der Waals surface area contributed by atoms with Gasteiger partial charge in [0.2, 0.25) is 0 Å². The Balaban J connectivity index is 1.56. The first-order valence-electron chi connectivity index (χ1n) is 9.82. The normalized spacial score (nSPS) is 11.6. The summed E-state index contributed by atoms with van der Waals surface area (Å²) in [6, 6.07) is 7.44. The molecule has 0 fully saturated rings. The van der Waals surface area contributed by atoms with E-state index in [4.69, 9.17) is 10.5 Å². The summed E-state index contributed by atoms with van der Waals surface area (Å²) in [4.78, 5) is 16.3. The molecule has 2 heterocycles. The third-order valence-electron chi connectivity index (χ3n) is 4.95. The number of urea groups is 1. The molecule has 0 aliphatic heterocycles. The minimum Gasteiger partial charge on any atom is -0.382 e. The van der Waals surface area contributed by atoms with Gasteiger partial charge in [-0.15, -0.1) is 0 Å². The number of aromatic nitrogens is 3. The van der Waals surface area contributed by atoms with Gasteiger partial charge in [-0.2, -0.15) is 18.3 Å². The molecule has 2 aromatic carbocycles. The number of benzene rings is 2. The van der Waals surface area contributed by atoms with E-state index >= 15 is 0 Å². The van der Waals surface area contributed by atoms with Crippen LogP contribution in [0.1, 0.15) is 11.1 Å². The van der Waals surface area contributed by atoms with E-state index in [1.165, 1.54) is 6.33 Å². The van der Waals surface area contributed by atoms with Crippen LogP contribution in [0.2, 0.25) is 0 Å². The molecule has 0 saturated heterocycles. The number of nitrogens with two attached hydrogens (primary N) is 1. The zero-order valence-corrected chi connectivity index (χ0v) is 17.7. The van der Waals surface area contributed by atoms with Gasteiger partial charge in [-0.05, 0) is 35.9 Å². The zero-order chi connectivity index (χ0) is 24.5. The average Bonchev–Trinajstić information content (AvgIpc) is 3.15. The molecule has 0 spiro atoms. The van der Waals surface area contributed by atoms with Gasteiger partial charge >= 0.3 is 12.2 Å². The van der Waals surface area contributed by atoms with Gasteiger partial charge < -0.3 is 21.1 Å². The number of rotatable bonds is 5. The van der Waals surface area contributed by atoms with Crippen molar-refractivity contribution in [2.75, 3.05) is 23.5 Å². The molecule has 0 saturated carbocycles. The first-order chi connectivity index (χ1) is 16.2. The average molecular weight is 474 g/mol. The van der Waals surface area contributed by atoms with Gasteiger partial charge in [-0.1, -0.05) is 12.1 Å². The second kappa shape index (κ2) is 8.98. The van der Waals surface area contributed by atoms with Crippen LogP contribution in [-0.2, 0) is 17.5 Å². The molecule has 0 bridgehead atoms. The van der Waals surface area contributed by atoms with Crippen molar-refractivity contribution >= 4 is 28.7 Å². The Labute approximate surface area is 190 Å². The van der Waals surface area contributed by atoms with Crippen molar-refractivity contribution in [3.05, 3.63) is 71.9 Å². The summed E-state index contributed by atoms with van der Waals surface area (Å²) in [5.41, 5.74) is 7.60. The first-order valence-corrected chi connectivity index (χ1v) is 9.82. The molecule has 4 N–H and O–H groups in total. The van der Waals surface area contributed by atoms with Crippen LogP contribution in [0.5, 0.6) is 0 Å². The molecule has 4 rings (SSSR count). The smallest absolute Gasteiger partial charge is 0.382 e. The Bertz CT molecular complexity index is 1350. The van der Waals surface area contributed by atoms with Crippen molar-refractivity contribution < 1.29 is 27.1 Å². The quantitative estimate of drug-likeness (QED) is 0.356. The van der Waals surface area contributed by atoms with Crippen molar-refractivity contribution in [1.82, 2.24) is 14.6 Å². The number of alkyl halides is 3. The second-order valence-electron chi connectivity index (χ2n) is 7.25. The number of hydrogen-bond donors (Lipinski definition) is 3. The largest absolute Gasteiger partial charge is 0.416 e. The highest BCUT2D eigenvalue weighted by Gasteiger charge is 2.31. The summed E-state index contributed by atoms with van der Waals surface area (Å²) < 4.78 is 59.3. The Kier molecular flexibility index (Phi) is 6.07. The number of hydrogen-bond acceptors (Lipinski definition) is 5. The van der Waals surface area contributed by atoms with E-state index in [2.05, 4.69) is 20.7 Å². The van der Waals surface area contributed by atoms with Crippen molar-refractivity contribution in [2.45, 2.75) is 12.8 Å². The Morgan fingerprint density at radius 3 is 2.56 bits per heavy atom. The number of methoxy groups -OCH3 is 1. The monoisotopic (exact) mass is 474 g/mol. The van der Waals surface area contributed by atoms with Gasteiger partial charge in [0.1, 0.15) is 17.7 Å². The molecule has 2 amide bonds. The molecule has 0 unspecified atom stereocenters. The Morgan fingerprint density at radius 1 is 1.15 bits per heavy atom. The van der Waals surface area contributed by atoms with E-state index in [0.29, 0.717) is 36.0 Å². The Hall–Kier alpha value is -4.19. The van der Waals surface area contributed by atoms with Crippen molar-refractivity contribution in [3.63, 3.8) is 0 Å². The molecule has 12 heteroatoms. The number of nitrogens with zero attached hydrogens (tertiary/aromatic N) is 3. The summed E-state index contributed by atoms with van der Waals surface area (Å²) in [7, 11) is 1.56. The number of carbonyl (C=O) groups excluding carboxylic acids is 1. The van der Waals surface area contributed by atoms with E-state index in [9.17, 15) is 22.4 Å². The molecule has 4 aromatic rings. The lowest BCUT2D eigenvalue weighted by Crippen LogP contribution is -2.20. The topological polar surface area (TPSA) is 107 Å². The highest BCUT2D eigenvalue weighted by Crippen LogP contribution is 2.34. The van der Waals surface area contributed by atoms with Gasteiger partial charge in [-0.25, -0.2) is 18.7 Å². The van der Waals surface area contributed by atoms with Crippen LogP contribution in [-0.4, -0.2) is 27.7 Å². The predicted octanol–water partition coefficient (Wildman–Crippen LogP) is 4.93. The fourth-order valence-corrected chi connectivity index (χ4v) is 3.47. The summed E-state index contributed by atoms with van der Waals surface area (Å²) in [6.07, 6.45) is -1.56. The van der Waals surface area contributed by atoms with Gasteiger partial charge in [0, 0.05) is 30.1 Å². The number of anilines is 3. The third-order valence-corrected chi connectivity index (χ3v) is 4.95. The van der Waals surface area contributed by atoms with E-state index in [-0.39, 0.29) is 5.82 Å². The molecule has 8 nitrogen and oxygen atoms in total. The maximum atomic E-state index is 13.9. The van der Waals surface area contributed by atoms with E-state index < -0.39 is 29.3 Å². The van der Waals surface area contributed by atoms with Gasteiger partial charge in [0.25, 0.3) is 0 Å². The maximum absolute atomic E-state index is 13.9. The molecule has 0 atom stereocenters. The van der Waals surface area contributed by atoms with Gasteiger partial charge in [0.15, 0.2) is 5.82 Å². The minimum atomic E-state index is -4.67. The van der Waals surface area contributed by atoms with Crippen LogP contribution in [0.15, 0.2) is 55.0 Å². The van der Waals surface area contributed by atoms with Crippen LogP contribution in [0.4, 0.5) is 39.5 Å². The number of amides is 2. The number of nitrogens with one attached hydrogen (secondary N) is 2. The standard InChI is InChI=1S/C22H18F4N6O2/c1-34-10-13-9-32-19(20(27)28-11-29-32)18(13)12-2-5-15(6-3-12)30-21(33)31-17-8-14(22(24,25)26)4-7-16(17)23/h2-9,11H,10H2,1H3,(H2,27,28,29)(H2,30,31,33). The second-order valence-corrected chi connectivity index (χ2v) is 7.25. The summed E-state index contributed by atoms with van der Waals surface area (Å²) in [5, 5.41) is 8.71. The lowest BCUT2D eigenvalue weighted by atomic mass is 10.0. The minimum absolute atomic E-state index is 0.275. The molecule has 0 radical (unpaired) electrons. The van der Waals surface area contributed by atoms with Crippen molar-refractivity contribution in [3.8, 4) is 11.1 Å². The van der Waals surface area contributed by atoms with E-state index in [0.717, 1.165) is 16.7 Å². The summed E-state index contributed by atoms with van der Waals surface area (Å²) >= 11 is 0. The molecule has 2 aromatic heterocycles. The van der Waals surface area contributed by atoms with Crippen LogP contribution in [0.3, 0.4) is 0 Å². The van der Waals surface area contributed by atoms with Gasteiger partial charge in [0.05, 0.1) is 17.9 Å². The highest BCUT2D eigenvalue weighted by atomic mass is 19.4. The van der Waals surface area contributed by atoms with E-state index in [1.807, 2.05) is 0 Å². The Morgan fingerprint density at radius 2 is 1.88 bits per heavy atom. The number of carbonyl (C=O) groups is 1. The molecule has 176 valence electrons. The number of halogens is 4. The summed E-state index contributed by atoms with van der Waals surface area (Å²) in [6.45, 7) is 0.295. The first kappa shape index (κ1) is 23.0. The maximum Gasteiger partial charge on any atom is 0.416 e. The molecule has 34 heavy (non-hydrogen) atoms. The van der Waals surface area contributed by atoms with Crippen LogP contribution >= 0.6 is 0 Å². The van der Waals surface area contributed by atoms with E-state index in [1.54, 1.807) is 42.1 Å². The van der Waals surface area contributed by atoms with Crippen LogP contribution in [0, 0.1) is 5.82 Å². The fraction of sp³-hybridized carbons (Fsp3) is 0.136. The number of fused-ring (bicyclic) bond motifs is 1. The number of ether oxygens (including phenoxy) is 1. The van der Waals surface area contributed by atoms with Crippen LogP contribution < -0.4 is 16.4 Å². The van der Waals surface area contributed by atoms with Crippen molar-refractivity contribution in [1.29, 1.82) is 0 Å². The van der Waals surface area contributed by atoms with Gasteiger partial charge in [-0.3, -0.25) is 0 Å². The molecular formula is C22H18F4N6O2. The summed E-state index contributed by atoms with van der Waals surface area (Å²) in [5.74, 6) is -0.721. The predicted molar refractivity (Wildman–Crippen MR) is 118 cm³/mol. The zero-order valence-electron chi connectivity index (χ0n) is 17.7.